The fraction of sp³-hybridized carbons (Fsp3) is 0.167. The van der Waals surface area contributed by atoms with Crippen LogP contribution < -0.4 is 9.47 Å². The third-order valence-electron chi connectivity index (χ3n) is 3.55. The third-order valence-corrected chi connectivity index (χ3v) is 4.42. The van der Waals surface area contributed by atoms with Gasteiger partial charge < -0.3 is 14.6 Å². The minimum absolute atomic E-state index is 0.0412. The fourth-order valence-electron chi connectivity index (χ4n) is 2.31. The Morgan fingerprint density at radius 1 is 0.875 bits per heavy atom. The SMILES string of the molecule is COc1ccc(C(C(Cl)=C(Cl)C(=O)O)c2ccc(OC)cc2)cc1. The first-order chi connectivity index (χ1) is 11.5. The van der Waals surface area contributed by atoms with Gasteiger partial charge in [-0.2, -0.15) is 0 Å². The number of hydrogen-bond donors (Lipinski definition) is 1. The maximum Gasteiger partial charge on any atom is 0.348 e. The number of ether oxygens (including phenoxy) is 2. The zero-order valence-corrected chi connectivity index (χ0v) is 14.6. The van der Waals surface area contributed by atoms with Crippen LogP contribution in [0, 0.1) is 0 Å². The molecule has 0 aromatic heterocycles. The number of carboxylic acid groups (broad SMARTS) is 1. The van der Waals surface area contributed by atoms with Crippen molar-refractivity contribution in [1.29, 1.82) is 0 Å². The summed E-state index contributed by atoms with van der Waals surface area (Å²) in [5.41, 5.74) is 1.59. The van der Waals surface area contributed by atoms with Crippen LogP contribution in [-0.2, 0) is 4.79 Å². The molecule has 2 aromatic carbocycles. The van der Waals surface area contributed by atoms with Gasteiger partial charge in [-0.1, -0.05) is 47.5 Å². The van der Waals surface area contributed by atoms with E-state index in [1.54, 1.807) is 38.5 Å². The summed E-state index contributed by atoms with van der Waals surface area (Å²) in [4.78, 5) is 11.2. The summed E-state index contributed by atoms with van der Waals surface area (Å²) < 4.78 is 10.3. The maximum atomic E-state index is 11.2. The number of aliphatic carboxylic acids is 1. The van der Waals surface area contributed by atoms with Crippen molar-refractivity contribution in [3.05, 3.63) is 69.7 Å². The first-order valence-corrected chi connectivity index (χ1v) is 7.80. The van der Waals surface area contributed by atoms with Crippen LogP contribution in [0.1, 0.15) is 17.0 Å². The molecule has 0 fully saturated rings. The van der Waals surface area contributed by atoms with E-state index in [0.29, 0.717) is 11.5 Å². The minimum Gasteiger partial charge on any atom is -0.497 e. The van der Waals surface area contributed by atoms with Gasteiger partial charge in [-0.3, -0.25) is 0 Å². The van der Waals surface area contributed by atoms with Crippen LogP contribution in [0.25, 0.3) is 0 Å². The first kappa shape index (κ1) is 18.2. The van der Waals surface area contributed by atoms with Crippen LogP contribution in [0.2, 0.25) is 0 Å². The number of benzene rings is 2. The lowest BCUT2D eigenvalue weighted by molar-refractivity contribution is -0.131. The molecule has 0 unspecified atom stereocenters. The maximum absolute atomic E-state index is 11.2. The van der Waals surface area contributed by atoms with Crippen LogP contribution in [0.5, 0.6) is 11.5 Å². The molecule has 24 heavy (non-hydrogen) atoms. The van der Waals surface area contributed by atoms with Gasteiger partial charge in [0.2, 0.25) is 0 Å². The van der Waals surface area contributed by atoms with E-state index >= 15 is 0 Å². The molecule has 6 heteroatoms. The fourth-order valence-corrected chi connectivity index (χ4v) is 2.75. The van der Waals surface area contributed by atoms with Gasteiger partial charge in [-0.25, -0.2) is 4.79 Å². The lowest BCUT2D eigenvalue weighted by Crippen LogP contribution is -2.06. The van der Waals surface area contributed by atoms with E-state index in [9.17, 15) is 4.79 Å². The van der Waals surface area contributed by atoms with Crippen molar-refractivity contribution < 1.29 is 19.4 Å². The van der Waals surface area contributed by atoms with E-state index in [1.807, 2.05) is 24.3 Å². The number of halogens is 2. The number of rotatable bonds is 6. The summed E-state index contributed by atoms with van der Waals surface area (Å²) >= 11 is 12.2. The Balaban J connectivity index is 2.55. The molecule has 0 amide bonds. The molecule has 2 rings (SSSR count). The summed E-state index contributed by atoms with van der Waals surface area (Å²) in [6.45, 7) is 0. The van der Waals surface area contributed by atoms with Crippen molar-refractivity contribution >= 4 is 29.2 Å². The summed E-state index contributed by atoms with van der Waals surface area (Å²) in [6.07, 6.45) is 0. The highest BCUT2D eigenvalue weighted by Crippen LogP contribution is 2.38. The monoisotopic (exact) mass is 366 g/mol. The van der Waals surface area contributed by atoms with Crippen molar-refractivity contribution in [2.45, 2.75) is 5.92 Å². The molecule has 1 N–H and O–H groups in total. The Hall–Kier alpha value is -2.17. The Morgan fingerprint density at radius 2 is 1.25 bits per heavy atom. The summed E-state index contributed by atoms with van der Waals surface area (Å²) in [6, 6.07) is 14.4. The van der Waals surface area contributed by atoms with Gasteiger partial charge in [-0.15, -0.1) is 0 Å². The molecule has 0 bridgehead atoms. The molecule has 0 saturated heterocycles. The Morgan fingerprint density at radius 3 is 1.54 bits per heavy atom. The second-order valence-corrected chi connectivity index (χ2v) is 5.73. The van der Waals surface area contributed by atoms with Crippen LogP contribution in [0.4, 0.5) is 0 Å². The summed E-state index contributed by atoms with van der Waals surface area (Å²) in [5.74, 6) is -0.394. The molecule has 4 nitrogen and oxygen atoms in total. The molecule has 0 radical (unpaired) electrons. The number of carboxylic acids is 1. The van der Waals surface area contributed by atoms with E-state index < -0.39 is 16.9 Å². The van der Waals surface area contributed by atoms with Gasteiger partial charge in [0.25, 0.3) is 0 Å². The molecule has 126 valence electrons. The lowest BCUT2D eigenvalue weighted by atomic mass is 9.90. The second-order valence-electron chi connectivity index (χ2n) is 4.95. The van der Waals surface area contributed by atoms with E-state index in [4.69, 9.17) is 37.8 Å². The number of methoxy groups -OCH3 is 2. The lowest BCUT2D eigenvalue weighted by Gasteiger charge is -2.19. The van der Waals surface area contributed by atoms with Gasteiger partial charge in [-0.05, 0) is 35.4 Å². The first-order valence-electron chi connectivity index (χ1n) is 7.04. The molecule has 0 saturated carbocycles. The molecule has 0 atom stereocenters. The largest absolute Gasteiger partial charge is 0.497 e. The molecule has 0 aliphatic carbocycles. The molecule has 0 aliphatic rings. The summed E-state index contributed by atoms with van der Waals surface area (Å²) in [7, 11) is 3.15. The van der Waals surface area contributed by atoms with Gasteiger partial charge in [0.1, 0.15) is 16.5 Å². The predicted octanol–water partition coefficient (Wildman–Crippen LogP) is 4.61. The van der Waals surface area contributed by atoms with Gasteiger partial charge >= 0.3 is 5.97 Å². The van der Waals surface area contributed by atoms with Crippen LogP contribution in [-0.4, -0.2) is 25.3 Å². The second kappa shape index (κ2) is 8.08. The number of carbonyl (C=O) groups is 1. The molecule has 0 aliphatic heterocycles. The predicted molar refractivity (Wildman–Crippen MR) is 94.2 cm³/mol. The molecular formula is C18H16Cl2O4. The average molecular weight is 367 g/mol. The van der Waals surface area contributed by atoms with Crippen molar-refractivity contribution in [2.24, 2.45) is 0 Å². The normalized spacial score (nSPS) is 11.9. The Kier molecular flexibility index (Phi) is 6.12. The van der Waals surface area contributed by atoms with Gasteiger partial charge in [0, 0.05) is 5.92 Å². The van der Waals surface area contributed by atoms with E-state index in [-0.39, 0.29) is 5.03 Å². The van der Waals surface area contributed by atoms with Crippen molar-refractivity contribution in [2.75, 3.05) is 14.2 Å². The highest BCUT2D eigenvalue weighted by molar-refractivity contribution is 6.47. The smallest absolute Gasteiger partial charge is 0.348 e. The van der Waals surface area contributed by atoms with Crippen LogP contribution in [0.15, 0.2) is 58.6 Å². The van der Waals surface area contributed by atoms with Crippen molar-refractivity contribution in [1.82, 2.24) is 0 Å². The number of allylic oxidation sites excluding steroid dienone is 1. The van der Waals surface area contributed by atoms with E-state index in [1.165, 1.54) is 0 Å². The Labute approximate surface area is 150 Å². The molecule has 0 spiro atoms. The zero-order valence-electron chi connectivity index (χ0n) is 13.1. The highest BCUT2D eigenvalue weighted by atomic mass is 35.5. The van der Waals surface area contributed by atoms with Crippen LogP contribution in [0.3, 0.4) is 0 Å². The highest BCUT2D eigenvalue weighted by Gasteiger charge is 2.23. The molecule has 2 aromatic rings. The Bertz CT molecular complexity index is 689. The zero-order chi connectivity index (χ0) is 17.7. The van der Waals surface area contributed by atoms with E-state index in [0.717, 1.165) is 11.1 Å². The van der Waals surface area contributed by atoms with Gasteiger partial charge in [0.15, 0.2) is 0 Å². The van der Waals surface area contributed by atoms with Crippen LogP contribution >= 0.6 is 23.2 Å². The molecular weight excluding hydrogens is 351 g/mol. The summed E-state index contributed by atoms with van der Waals surface area (Å²) in [5, 5.41) is 8.78. The topological polar surface area (TPSA) is 55.8 Å². The average Bonchev–Trinajstić information content (AvgIpc) is 2.62. The minimum atomic E-state index is -1.27. The van der Waals surface area contributed by atoms with Crippen molar-refractivity contribution in [3.8, 4) is 11.5 Å². The standard InChI is InChI=1S/C18H16Cl2O4/c1-23-13-7-3-11(4-8-13)15(16(19)17(20)18(21)22)12-5-9-14(24-2)10-6-12/h3-10,15H,1-2H3,(H,21,22). The quantitative estimate of drug-likeness (QED) is 0.758. The molecule has 0 heterocycles. The van der Waals surface area contributed by atoms with Crippen molar-refractivity contribution in [3.63, 3.8) is 0 Å². The number of hydrogen-bond acceptors (Lipinski definition) is 3. The van der Waals surface area contributed by atoms with E-state index in [2.05, 4.69) is 0 Å². The third kappa shape index (κ3) is 4.02. The van der Waals surface area contributed by atoms with Gasteiger partial charge in [0.05, 0.1) is 19.3 Å².